The van der Waals surface area contributed by atoms with Crippen molar-refractivity contribution in [3.05, 3.63) is 23.4 Å². The molecule has 2 heterocycles. The SMILES string of the molecule is CC(C)c1ccc(C#N)c(NCCCN2CCOCC2)n1. The molecule has 0 unspecified atom stereocenters. The van der Waals surface area contributed by atoms with Gasteiger partial charge in [-0.15, -0.1) is 0 Å². The van der Waals surface area contributed by atoms with Crippen molar-refractivity contribution in [3.63, 3.8) is 0 Å². The lowest BCUT2D eigenvalue weighted by molar-refractivity contribution is 0.0378. The Kier molecular flexibility index (Phi) is 5.97. The van der Waals surface area contributed by atoms with E-state index in [2.05, 4.69) is 35.1 Å². The fourth-order valence-electron chi connectivity index (χ4n) is 2.35. The van der Waals surface area contributed by atoms with Crippen molar-refractivity contribution in [2.24, 2.45) is 0 Å². The van der Waals surface area contributed by atoms with Crippen LogP contribution in [0.1, 0.15) is 37.4 Å². The van der Waals surface area contributed by atoms with Gasteiger partial charge in [-0.3, -0.25) is 4.90 Å². The third-order valence-corrected chi connectivity index (χ3v) is 3.68. The van der Waals surface area contributed by atoms with Crippen LogP contribution in [0.25, 0.3) is 0 Å². The second kappa shape index (κ2) is 7.96. The van der Waals surface area contributed by atoms with Gasteiger partial charge in [0.2, 0.25) is 0 Å². The minimum atomic E-state index is 0.367. The predicted octanol–water partition coefficient (Wildman–Crippen LogP) is 2.21. The molecule has 0 bridgehead atoms. The maximum absolute atomic E-state index is 9.16. The normalized spacial score (nSPS) is 15.9. The van der Waals surface area contributed by atoms with E-state index in [1.54, 1.807) is 0 Å². The molecule has 2 rings (SSSR count). The molecule has 5 nitrogen and oxygen atoms in total. The van der Waals surface area contributed by atoms with Gasteiger partial charge in [0, 0.05) is 25.3 Å². The number of rotatable bonds is 6. The number of nitriles is 1. The number of morpholine rings is 1. The summed E-state index contributed by atoms with van der Waals surface area (Å²) >= 11 is 0. The fourth-order valence-corrected chi connectivity index (χ4v) is 2.35. The van der Waals surface area contributed by atoms with Crippen LogP contribution in [0, 0.1) is 11.3 Å². The average Bonchev–Trinajstić information content (AvgIpc) is 2.52. The minimum Gasteiger partial charge on any atom is -0.379 e. The molecule has 0 spiro atoms. The first-order chi connectivity index (χ1) is 10.2. The number of hydrogen-bond acceptors (Lipinski definition) is 5. The van der Waals surface area contributed by atoms with Crippen molar-refractivity contribution in [1.82, 2.24) is 9.88 Å². The molecule has 0 radical (unpaired) electrons. The van der Waals surface area contributed by atoms with Crippen LogP contribution >= 0.6 is 0 Å². The molecule has 1 aliphatic heterocycles. The number of aromatic nitrogens is 1. The van der Waals surface area contributed by atoms with E-state index < -0.39 is 0 Å². The molecule has 0 atom stereocenters. The van der Waals surface area contributed by atoms with Gasteiger partial charge in [0.25, 0.3) is 0 Å². The zero-order valence-electron chi connectivity index (χ0n) is 12.9. The van der Waals surface area contributed by atoms with Crippen LogP contribution in [-0.4, -0.2) is 49.3 Å². The van der Waals surface area contributed by atoms with Crippen molar-refractivity contribution in [2.75, 3.05) is 44.7 Å². The number of nitrogens with one attached hydrogen (secondary N) is 1. The Labute approximate surface area is 126 Å². The Morgan fingerprint density at radius 2 is 2.14 bits per heavy atom. The monoisotopic (exact) mass is 288 g/mol. The maximum atomic E-state index is 9.16. The van der Waals surface area contributed by atoms with Crippen LogP contribution in [0.2, 0.25) is 0 Å². The van der Waals surface area contributed by atoms with E-state index in [1.165, 1.54) is 0 Å². The molecule has 114 valence electrons. The second-order valence-electron chi connectivity index (χ2n) is 5.63. The number of pyridine rings is 1. The lowest BCUT2D eigenvalue weighted by Crippen LogP contribution is -2.37. The van der Waals surface area contributed by atoms with Crippen LogP contribution in [-0.2, 0) is 4.74 Å². The van der Waals surface area contributed by atoms with E-state index >= 15 is 0 Å². The lowest BCUT2D eigenvalue weighted by Gasteiger charge is -2.26. The Morgan fingerprint density at radius 1 is 1.38 bits per heavy atom. The van der Waals surface area contributed by atoms with Gasteiger partial charge in [-0.05, 0) is 31.0 Å². The molecule has 1 N–H and O–H groups in total. The topological polar surface area (TPSA) is 61.2 Å². The van der Waals surface area contributed by atoms with Crippen molar-refractivity contribution in [1.29, 1.82) is 5.26 Å². The lowest BCUT2D eigenvalue weighted by atomic mass is 10.1. The van der Waals surface area contributed by atoms with E-state index in [9.17, 15) is 0 Å². The molecule has 0 aliphatic carbocycles. The zero-order chi connectivity index (χ0) is 15.1. The molecular formula is C16H24N4O. The molecule has 0 saturated carbocycles. The summed E-state index contributed by atoms with van der Waals surface area (Å²) in [4.78, 5) is 6.97. The summed E-state index contributed by atoms with van der Waals surface area (Å²) in [5, 5.41) is 12.5. The number of ether oxygens (including phenoxy) is 1. The molecule has 1 aliphatic rings. The van der Waals surface area contributed by atoms with Gasteiger partial charge in [-0.25, -0.2) is 4.98 Å². The van der Waals surface area contributed by atoms with E-state index in [0.29, 0.717) is 17.3 Å². The summed E-state index contributed by atoms with van der Waals surface area (Å²) in [6.07, 6.45) is 1.04. The van der Waals surface area contributed by atoms with Gasteiger partial charge in [0.1, 0.15) is 11.9 Å². The van der Waals surface area contributed by atoms with Gasteiger partial charge in [0.05, 0.1) is 18.8 Å². The second-order valence-corrected chi connectivity index (χ2v) is 5.63. The van der Waals surface area contributed by atoms with Crippen molar-refractivity contribution < 1.29 is 4.74 Å². The highest BCUT2D eigenvalue weighted by Crippen LogP contribution is 2.18. The molecule has 1 aromatic rings. The van der Waals surface area contributed by atoms with Crippen LogP contribution in [0.3, 0.4) is 0 Å². The average molecular weight is 288 g/mol. The highest BCUT2D eigenvalue weighted by Gasteiger charge is 2.10. The first-order valence-electron chi connectivity index (χ1n) is 7.65. The van der Waals surface area contributed by atoms with Crippen LogP contribution in [0.4, 0.5) is 5.82 Å². The van der Waals surface area contributed by atoms with Crippen molar-refractivity contribution in [2.45, 2.75) is 26.2 Å². The summed E-state index contributed by atoms with van der Waals surface area (Å²) in [7, 11) is 0. The molecule has 0 amide bonds. The molecule has 0 aromatic carbocycles. The van der Waals surface area contributed by atoms with Crippen molar-refractivity contribution >= 4 is 5.82 Å². The molecule has 1 aromatic heterocycles. The van der Waals surface area contributed by atoms with E-state index in [1.807, 2.05) is 12.1 Å². The molecular weight excluding hydrogens is 264 g/mol. The van der Waals surface area contributed by atoms with Crippen molar-refractivity contribution in [3.8, 4) is 6.07 Å². The van der Waals surface area contributed by atoms with Crippen LogP contribution < -0.4 is 5.32 Å². The van der Waals surface area contributed by atoms with Gasteiger partial charge in [0.15, 0.2) is 0 Å². The summed E-state index contributed by atoms with van der Waals surface area (Å²) in [6.45, 7) is 9.82. The third kappa shape index (κ3) is 4.69. The summed E-state index contributed by atoms with van der Waals surface area (Å²) in [6, 6.07) is 5.99. The first-order valence-corrected chi connectivity index (χ1v) is 7.65. The van der Waals surface area contributed by atoms with E-state index in [4.69, 9.17) is 10.00 Å². The fraction of sp³-hybridized carbons (Fsp3) is 0.625. The maximum Gasteiger partial charge on any atom is 0.144 e. The highest BCUT2D eigenvalue weighted by atomic mass is 16.5. The summed E-state index contributed by atoms with van der Waals surface area (Å²) in [5.74, 6) is 1.08. The number of anilines is 1. The van der Waals surface area contributed by atoms with Crippen LogP contribution in [0.15, 0.2) is 12.1 Å². The quantitative estimate of drug-likeness (QED) is 0.813. The van der Waals surface area contributed by atoms with E-state index in [0.717, 1.165) is 51.5 Å². The summed E-state index contributed by atoms with van der Waals surface area (Å²) < 4.78 is 5.34. The molecule has 21 heavy (non-hydrogen) atoms. The van der Waals surface area contributed by atoms with Gasteiger partial charge < -0.3 is 10.1 Å². The summed E-state index contributed by atoms with van der Waals surface area (Å²) in [5.41, 5.74) is 1.63. The third-order valence-electron chi connectivity index (χ3n) is 3.68. The Morgan fingerprint density at radius 3 is 2.81 bits per heavy atom. The highest BCUT2D eigenvalue weighted by molar-refractivity contribution is 5.52. The number of nitrogens with zero attached hydrogens (tertiary/aromatic N) is 3. The largest absolute Gasteiger partial charge is 0.379 e. The smallest absolute Gasteiger partial charge is 0.144 e. The Bertz CT molecular complexity index is 490. The Balaban J connectivity index is 1.84. The molecule has 1 fully saturated rings. The van der Waals surface area contributed by atoms with Crippen LogP contribution in [0.5, 0.6) is 0 Å². The Hall–Kier alpha value is -1.64. The standard InChI is InChI=1S/C16H24N4O/c1-13(2)15-5-4-14(12-17)16(19-15)18-6-3-7-20-8-10-21-11-9-20/h4-5,13H,3,6-11H2,1-2H3,(H,18,19). The minimum absolute atomic E-state index is 0.367. The first kappa shape index (κ1) is 15.7. The van der Waals surface area contributed by atoms with Gasteiger partial charge >= 0.3 is 0 Å². The van der Waals surface area contributed by atoms with Gasteiger partial charge in [-0.2, -0.15) is 5.26 Å². The number of hydrogen-bond donors (Lipinski definition) is 1. The van der Waals surface area contributed by atoms with Gasteiger partial charge in [-0.1, -0.05) is 13.8 Å². The molecule has 1 saturated heterocycles. The zero-order valence-corrected chi connectivity index (χ0v) is 12.9. The molecule has 5 heteroatoms. The predicted molar refractivity (Wildman–Crippen MR) is 83.4 cm³/mol. The van der Waals surface area contributed by atoms with E-state index in [-0.39, 0.29) is 0 Å².